The quantitative estimate of drug-likeness (QED) is 0.558. The number of amides is 1. The molecule has 0 atom stereocenters. The maximum atomic E-state index is 12.4. The molecular weight excluding hydrogens is 270 g/mol. The van der Waals surface area contributed by atoms with Crippen LogP contribution in [0, 0.1) is 0 Å². The first-order chi connectivity index (χ1) is 9.76. The van der Waals surface area contributed by atoms with E-state index in [1.165, 1.54) is 12.1 Å². The number of aromatic hydroxyl groups is 1. The maximum absolute atomic E-state index is 12.4. The summed E-state index contributed by atoms with van der Waals surface area (Å²) in [5.74, 6) is -0.172. The second-order valence-corrected chi connectivity index (χ2v) is 6.15. The highest BCUT2D eigenvalue weighted by Gasteiger charge is 2.25. The third-order valence-corrected chi connectivity index (χ3v) is 3.55. The molecule has 21 heavy (non-hydrogen) atoms. The summed E-state index contributed by atoms with van der Waals surface area (Å²) in [6.45, 7) is 6.84. The summed E-state index contributed by atoms with van der Waals surface area (Å²) in [4.78, 5) is 16.3. The molecule has 1 saturated heterocycles. The standard InChI is InChI=1S/C15H23N3O3/c1-15(2,21)10-17-5-7-18(8-6-17)14(20)11-3-4-12(16)13(19)9-11/h3-4,9,19,21H,5-8,10,16H2,1-2H3. The molecule has 0 radical (unpaired) electrons. The second-order valence-electron chi connectivity index (χ2n) is 6.15. The van der Waals surface area contributed by atoms with E-state index in [0.29, 0.717) is 25.2 Å². The van der Waals surface area contributed by atoms with Crippen molar-refractivity contribution in [2.45, 2.75) is 19.4 Å². The number of phenolic OH excluding ortho intramolecular Hbond substituents is 1. The van der Waals surface area contributed by atoms with Crippen molar-refractivity contribution in [3.05, 3.63) is 23.8 Å². The molecule has 2 rings (SSSR count). The number of anilines is 1. The van der Waals surface area contributed by atoms with E-state index in [4.69, 9.17) is 5.73 Å². The van der Waals surface area contributed by atoms with E-state index in [-0.39, 0.29) is 17.3 Å². The zero-order valence-electron chi connectivity index (χ0n) is 12.5. The van der Waals surface area contributed by atoms with E-state index >= 15 is 0 Å². The van der Waals surface area contributed by atoms with Crippen molar-refractivity contribution in [3.63, 3.8) is 0 Å². The summed E-state index contributed by atoms with van der Waals surface area (Å²) in [6.07, 6.45) is 0. The van der Waals surface area contributed by atoms with Crippen LogP contribution in [0.25, 0.3) is 0 Å². The van der Waals surface area contributed by atoms with Gasteiger partial charge in [0.1, 0.15) is 5.75 Å². The summed E-state index contributed by atoms with van der Waals surface area (Å²) >= 11 is 0. The SMILES string of the molecule is CC(C)(O)CN1CCN(C(=O)c2ccc(N)c(O)c2)CC1. The van der Waals surface area contributed by atoms with Crippen LogP contribution >= 0.6 is 0 Å². The van der Waals surface area contributed by atoms with E-state index in [2.05, 4.69) is 4.90 Å². The Labute approximate surface area is 124 Å². The predicted molar refractivity (Wildman–Crippen MR) is 81.2 cm³/mol. The highest BCUT2D eigenvalue weighted by atomic mass is 16.3. The first-order valence-electron chi connectivity index (χ1n) is 7.09. The van der Waals surface area contributed by atoms with Gasteiger partial charge >= 0.3 is 0 Å². The van der Waals surface area contributed by atoms with Gasteiger partial charge in [0.05, 0.1) is 11.3 Å². The average molecular weight is 293 g/mol. The number of aliphatic hydroxyl groups is 1. The number of nitrogens with zero attached hydrogens (tertiary/aromatic N) is 2. The third-order valence-electron chi connectivity index (χ3n) is 3.55. The lowest BCUT2D eigenvalue weighted by atomic mass is 10.1. The van der Waals surface area contributed by atoms with Crippen molar-refractivity contribution in [1.82, 2.24) is 9.80 Å². The van der Waals surface area contributed by atoms with Crippen molar-refractivity contribution >= 4 is 11.6 Å². The van der Waals surface area contributed by atoms with Crippen LogP contribution in [0.4, 0.5) is 5.69 Å². The molecule has 1 aliphatic heterocycles. The van der Waals surface area contributed by atoms with Crippen LogP contribution in [0.2, 0.25) is 0 Å². The first kappa shape index (κ1) is 15.6. The van der Waals surface area contributed by atoms with Gasteiger partial charge in [-0.15, -0.1) is 0 Å². The van der Waals surface area contributed by atoms with E-state index in [1.807, 2.05) is 0 Å². The second kappa shape index (κ2) is 5.91. The Hall–Kier alpha value is -1.79. The lowest BCUT2D eigenvalue weighted by molar-refractivity contribution is 0.0178. The van der Waals surface area contributed by atoms with Gasteiger partial charge in [0.25, 0.3) is 5.91 Å². The minimum Gasteiger partial charge on any atom is -0.506 e. The molecule has 0 unspecified atom stereocenters. The Bertz CT molecular complexity index is 517. The van der Waals surface area contributed by atoms with Gasteiger partial charge in [-0.05, 0) is 32.0 Å². The van der Waals surface area contributed by atoms with Gasteiger partial charge in [-0.1, -0.05) is 0 Å². The Kier molecular flexibility index (Phi) is 4.39. The van der Waals surface area contributed by atoms with Crippen LogP contribution in [0.3, 0.4) is 0 Å². The number of piperazine rings is 1. The first-order valence-corrected chi connectivity index (χ1v) is 7.09. The molecule has 1 heterocycles. The minimum absolute atomic E-state index is 0.0680. The average Bonchev–Trinajstić information content (AvgIpc) is 2.40. The fourth-order valence-electron chi connectivity index (χ4n) is 2.52. The minimum atomic E-state index is -0.727. The summed E-state index contributed by atoms with van der Waals surface area (Å²) in [5.41, 5.74) is 5.52. The number of carbonyl (C=O) groups is 1. The van der Waals surface area contributed by atoms with Gasteiger partial charge in [0, 0.05) is 38.3 Å². The third kappa shape index (κ3) is 4.09. The smallest absolute Gasteiger partial charge is 0.254 e. The number of nitrogens with two attached hydrogens (primary N) is 1. The monoisotopic (exact) mass is 293 g/mol. The summed E-state index contributed by atoms with van der Waals surface area (Å²) < 4.78 is 0. The van der Waals surface area contributed by atoms with Gasteiger partial charge < -0.3 is 20.8 Å². The number of β-amino-alcohol motifs (C(OH)–C–C–N with tert-alkyl or cyclic N) is 1. The van der Waals surface area contributed by atoms with Gasteiger partial charge in [-0.3, -0.25) is 9.69 Å². The number of phenols is 1. The van der Waals surface area contributed by atoms with Crippen molar-refractivity contribution in [2.24, 2.45) is 0 Å². The Morgan fingerprint density at radius 2 is 1.90 bits per heavy atom. The van der Waals surface area contributed by atoms with Crippen LogP contribution in [0.5, 0.6) is 5.75 Å². The topological polar surface area (TPSA) is 90.0 Å². The molecule has 1 aromatic rings. The van der Waals surface area contributed by atoms with Gasteiger partial charge in [0.15, 0.2) is 0 Å². The van der Waals surface area contributed by atoms with Crippen LogP contribution in [0.1, 0.15) is 24.2 Å². The molecule has 0 spiro atoms. The molecule has 6 nitrogen and oxygen atoms in total. The van der Waals surface area contributed by atoms with Gasteiger partial charge in [0.2, 0.25) is 0 Å². The number of hydrogen-bond acceptors (Lipinski definition) is 5. The zero-order valence-corrected chi connectivity index (χ0v) is 12.5. The number of nitrogen functional groups attached to an aromatic ring is 1. The largest absolute Gasteiger partial charge is 0.506 e. The number of carbonyl (C=O) groups excluding carboxylic acids is 1. The number of rotatable bonds is 3. The maximum Gasteiger partial charge on any atom is 0.254 e. The molecule has 6 heteroatoms. The number of hydrogen-bond donors (Lipinski definition) is 3. The van der Waals surface area contributed by atoms with Crippen LogP contribution in [-0.2, 0) is 0 Å². The Morgan fingerprint density at radius 3 is 2.43 bits per heavy atom. The highest BCUT2D eigenvalue weighted by molar-refractivity contribution is 5.95. The van der Waals surface area contributed by atoms with E-state index in [0.717, 1.165) is 13.1 Å². The molecule has 4 N–H and O–H groups in total. The molecule has 1 fully saturated rings. The molecule has 0 aliphatic carbocycles. The van der Waals surface area contributed by atoms with E-state index in [9.17, 15) is 15.0 Å². The van der Waals surface area contributed by atoms with E-state index < -0.39 is 5.60 Å². The molecule has 1 aromatic carbocycles. The molecular formula is C15H23N3O3. The summed E-state index contributed by atoms with van der Waals surface area (Å²) in [5, 5.41) is 19.4. The van der Waals surface area contributed by atoms with Crippen molar-refractivity contribution in [2.75, 3.05) is 38.5 Å². The lowest BCUT2D eigenvalue weighted by Crippen LogP contribution is -2.51. The van der Waals surface area contributed by atoms with Crippen LogP contribution in [-0.4, -0.2) is 64.2 Å². The Balaban J connectivity index is 1.95. The molecule has 1 amide bonds. The fraction of sp³-hybridized carbons (Fsp3) is 0.533. The van der Waals surface area contributed by atoms with E-state index in [1.54, 1.807) is 24.8 Å². The fourth-order valence-corrected chi connectivity index (χ4v) is 2.52. The van der Waals surface area contributed by atoms with Crippen molar-refractivity contribution in [1.29, 1.82) is 0 Å². The van der Waals surface area contributed by atoms with Crippen molar-refractivity contribution in [3.8, 4) is 5.75 Å². The summed E-state index contributed by atoms with van der Waals surface area (Å²) in [7, 11) is 0. The molecule has 0 bridgehead atoms. The van der Waals surface area contributed by atoms with Crippen molar-refractivity contribution < 1.29 is 15.0 Å². The van der Waals surface area contributed by atoms with Gasteiger partial charge in [-0.2, -0.15) is 0 Å². The van der Waals surface area contributed by atoms with Crippen LogP contribution in [0.15, 0.2) is 18.2 Å². The van der Waals surface area contributed by atoms with Crippen LogP contribution < -0.4 is 5.73 Å². The predicted octanol–water partition coefficient (Wildman–Crippen LogP) is 0.503. The van der Waals surface area contributed by atoms with Gasteiger partial charge in [-0.25, -0.2) is 0 Å². The Morgan fingerprint density at radius 1 is 1.29 bits per heavy atom. The lowest BCUT2D eigenvalue weighted by Gasteiger charge is -2.37. The molecule has 1 aliphatic rings. The normalized spacial score (nSPS) is 17.0. The highest BCUT2D eigenvalue weighted by Crippen LogP contribution is 2.22. The number of benzene rings is 1. The zero-order chi connectivity index (χ0) is 15.6. The molecule has 0 saturated carbocycles. The summed E-state index contributed by atoms with van der Waals surface area (Å²) in [6, 6.07) is 4.56. The molecule has 0 aromatic heterocycles. The molecule has 116 valence electrons.